The zero-order valence-electron chi connectivity index (χ0n) is 11.8. The molecule has 2 unspecified atom stereocenters. The van der Waals surface area contributed by atoms with Crippen LogP contribution in [-0.4, -0.2) is 35.1 Å². The summed E-state index contributed by atoms with van der Waals surface area (Å²) in [6.45, 7) is 6.86. The molecule has 0 amide bonds. The minimum absolute atomic E-state index is 0.125. The molecule has 3 heteroatoms. The van der Waals surface area contributed by atoms with Crippen molar-refractivity contribution in [2.24, 2.45) is 11.3 Å². The van der Waals surface area contributed by atoms with Crippen molar-refractivity contribution in [1.82, 2.24) is 4.90 Å². The molecule has 0 bridgehead atoms. The number of nitrogens with zero attached hydrogens (tertiary/aromatic N) is 1. The van der Waals surface area contributed by atoms with E-state index < -0.39 is 5.97 Å². The van der Waals surface area contributed by atoms with Gasteiger partial charge in [-0.2, -0.15) is 0 Å². The van der Waals surface area contributed by atoms with E-state index in [0.29, 0.717) is 11.5 Å². The van der Waals surface area contributed by atoms with Crippen molar-refractivity contribution in [3.05, 3.63) is 0 Å². The van der Waals surface area contributed by atoms with Crippen molar-refractivity contribution in [2.75, 3.05) is 13.1 Å². The SMILES string of the molecule is CC1(C)CCCN(C2CCCCC2C(=O)O)CC1. The summed E-state index contributed by atoms with van der Waals surface area (Å²) in [5.41, 5.74) is 0.433. The number of aliphatic carboxylic acids is 1. The molecule has 0 aromatic heterocycles. The largest absolute Gasteiger partial charge is 0.481 e. The number of hydrogen-bond donors (Lipinski definition) is 1. The number of carboxylic acid groups (broad SMARTS) is 1. The van der Waals surface area contributed by atoms with Crippen molar-refractivity contribution < 1.29 is 9.90 Å². The lowest BCUT2D eigenvalue weighted by atomic mass is 9.83. The van der Waals surface area contributed by atoms with E-state index in [1.807, 2.05) is 0 Å². The van der Waals surface area contributed by atoms with Crippen LogP contribution in [0.15, 0.2) is 0 Å². The zero-order valence-corrected chi connectivity index (χ0v) is 11.8. The Morgan fingerprint density at radius 2 is 1.83 bits per heavy atom. The van der Waals surface area contributed by atoms with Gasteiger partial charge in [0.05, 0.1) is 5.92 Å². The average Bonchev–Trinajstić information content (AvgIpc) is 2.50. The van der Waals surface area contributed by atoms with Crippen molar-refractivity contribution in [3.8, 4) is 0 Å². The second-order valence-corrected chi connectivity index (χ2v) is 6.85. The first-order valence-corrected chi connectivity index (χ1v) is 7.46. The normalized spacial score (nSPS) is 33.9. The molecule has 1 heterocycles. The fourth-order valence-electron chi connectivity index (χ4n) is 3.61. The van der Waals surface area contributed by atoms with Crippen LogP contribution in [0.1, 0.15) is 58.8 Å². The van der Waals surface area contributed by atoms with E-state index >= 15 is 0 Å². The van der Waals surface area contributed by atoms with Gasteiger partial charge in [-0.25, -0.2) is 0 Å². The van der Waals surface area contributed by atoms with Gasteiger partial charge in [0.25, 0.3) is 0 Å². The molecular weight excluding hydrogens is 226 g/mol. The minimum Gasteiger partial charge on any atom is -0.481 e. The van der Waals surface area contributed by atoms with Gasteiger partial charge in [-0.05, 0) is 50.6 Å². The number of rotatable bonds is 2. The summed E-state index contributed by atoms with van der Waals surface area (Å²) >= 11 is 0. The summed E-state index contributed by atoms with van der Waals surface area (Å²) in [5, 5.41) is 9.39. The third-order valence-electron chi connectivity index (χ3n) is 4.89. The molecule has 104 valence electrons. The van der Waals surface area contributed by atoms with Gasteiger partial charge in [0.1, 0.15) is 0 Å². The molecule has 1 saturated carbocycles. The van der Waals surface area contributed by atoms with Crippen LogP contribution in [0.25, 0.3) is 0 Å². The Bertz CT molecular complexity index is 301. The van der Waals surface area contributed by atoms with Crippen LogP contribution in [0.2, 0.25) is 0 Å². The highest BCUT2D eigenvalue weighted by molar-refractivity contribution is 5.71. The molecule has 1 aliphatic carbocycles. The Hall–Kier alpha value is -0.570. The second kappa shape index (κ2) is 5.60. The van der Waals surface area contributed by atoms with E-state index in [1.54, 1.807) is 0 Å². The molecular formula is C15H27NO2. The van der Waals surface area contributed by atoms with Crippen LogP contribution in [-0.2, 0) is 4.79 Å². The first kappa shape index (κ1) is 13.9. The van der Waals surface area contributed by atoms with Gasteiger partial charge in [0.15, 0.2) is 0 Å². The molecule has 2 aliphatic rings. The average molecular weight is 253 g/mol. The van der Waals surface area contributed by atoms with E-state index in [0.717, 1.165) is 32.4 Å². The Morgan fingerprint density at radius 1 is 1.11 bits per heavy atom. The lowest BCUT2D eigenvalue weighted by Gasteiger charge is -2.38. The standard InChI is InChI=1S/C15H27NO2/c1-15(2)8-5-10-16(11-9-15)13-7-4-3-6-12(13)14(17)18/h12-13H,3-11H2,1-2H3,(H,17,18). The first-order chi connectivity index (χ1) is 8.49. The van der Waals surface area contributed by atoms with Crippen LogP contribution >= 0.6 is 0 Å². The van der Waals surface area contributed by atoms with Gasteiger partial charge in [-0.15, -0.1) is 0 Å². The number of likely N-dealkylation sites (tertiary alicyclic amines) is 1. The van der Waals surface area contributed by atoms with E-state index in [-0.39, 0.29) is 5.92 Å². The van der Waals surface area contributed by atoms with E-state index in [9.17, 15) is 9.90 Å². The molecule has 2 atom stereocenters. The lowest BCUT2D eigenvalue weighted by molar-refractivity contribution is -0.145. The highest BCUT2D eigenvalue weighted by Gasteiger charge is 2.36. The molecule has 18 heavy (non-hydrogen) atoms. The fourth-order valence-corrected chi connectivity index (χ4v) is 3.61. The van der Waals surface area contributed by atoms with Gasteiger partial charge < -0.3 is 5.11 Å². The molecule has 3 nitrogen and oxygen atoms in total. The smallest absolute Gasteiger partial charge is 0.308 e. The predicted octanol–water partition coefficient (Wildman–Crippen LogP) is 3.14. The summed E-state index contributed by atoms with van der Waals surface area (Å²) in [7, 11) is 0. The molecule has 1 saturated heterocycles. The van der Waals surface area contributed by atoms with Gasteiger partial charge in [-0.3, -0.25) is 9.69 Å². The molecule has 1 N–H and O–H groups in total. The third-order valence-corrected chi connectivity index (χ3v) is 4.89. The Kier molecular flexibility index (Phi) is 4.31. The molecule has 2 fully saturated rings. The van der Waals surface area contributed by atoms with Gasteiger partial charge in [0, 0.05) is 6.04 Å². The monoisotopic (exact) mass is 253 g/mol. The fraction of sp³-hybridized carbons (Fsp3) is 0.933. The predicted molar refractivity (Wildman–Crippen MR) is 72.6 cm³/mol. The quantitative estimate of drug-likeness (QED) is 0.822. The molecule has 1 aliphatic heterocycles. The Balaban J connectivity index is 2.02. The zero-order chi connectivity index (χ0) is 13.2. The Morgan fingerprint density at radius 3 is 2.56 bits per heavy atom. The van der Waals surface area contributed by atoms with Gasteiger partial charge in [-0.1, -0.05) is 26.7 Å². The van der Waals surface area contributed by atoms with Crippen LogP contribution < -0.4 is 0 Å². The third kappa shape index (κ3) is 3.25. The highest BCUT2D eigenvalue weighted by Crippen LogP contribution is 2.34. The number of carbonyl (C=O) groups is 1. The van der Waals surface area contributed by atoms with E-state index in [4.69, 9.17) is 0 Å². The number of hydrogen-bond acceptors (Lipinski definition) is 2. The summed E-state index contributed by atoms with van der Waals surface area (Å²) in [5.74, 6) is -0.705. The first-order valence-electron chi connectivity index (χ1n) is 7.46. The lowest BCUT2D eigenvalue weighted by Crippen LogP contribution is -2.46. The Labute approximate surface area is 111 Å². The van der Waals surface area contributed by atoms with Crippen LogP contribution in [0.4, 0.5) is 0 Å². The molecule has 0 radical (unpaired) electrons. The van der Waals surface area contributed by atoms with E-state index in [1.165, 1.54) is 25.7 Å². The molecule has 0 aromatic rings. The summed E-state index contributed by atoms with van der Waals surface area (Å²) in [6, 6.07) is 0.296. The van der Waals surface area contributed by atoms with Crippen LogP contribution in [0.5, 0.6) is 0 Å². The summed E-state index contributed by atoms with van der Waals surface area (Å²) in [6.07, 6.45) is 7.94. The molecule has 0 aromatic carbocycles. The van der Waals surface area contributed by atoms with Crippen molar-refractivity contribution in [1.29, 1.82) is 0 Å². The minimum atomic E-state index is -0.580. The van der Waals surface area contributed by atoms with Gasteiger partial charge in [0.2, 0.25) is 0 Å². The maximum Gasteiger partial charge on any atom is 0.308 e. The number of carboxylic acids is 1. The maximum absolute atomic E-state index is 11.4. The molecule has 0 spiro atoms. The summed E-state index contributed by atoms with van der Waals surface area (Å²) < 4.78 is 0. The van der Waals surface area contributed by atoms with E-state index in [2.05, 4.69) is 18.7 Å². The summed E-state index contributed by atoms with van der Waals surface area (Å²) in [4.78, 5) is 13.9. The maximum atomic E-state index is 11.4. The highest BCUT2D eigenvalue weighted by atomic mass is 16.4. The van der Waals surface area contributed by atoms with Crippen LogP contribution in [0.3, 0.4) is 0 Å². The van der Waals surface area contributed by atoms with Crippen molar-refractivity contribution >= 4 is 5.97 Å². The van der Waals surface area contributed by atoms with Crippen molar-refractivity contribution in [2.45, 2.75) is 64.8 Å². The van der Waals surface area contributed by atoms with Gasteiger partial charge >= 0.3 is 5.97 Å². The molecule has 2 rings (SSSR count). The van der Waals surface area contributed by atoms with Crippen LogP contribution in [0, 0.1) is 11.3 Å². The second-order valence-electron chi connectivity index (χ2n) is 6.85. The topological polar surface area (TPSA) is 40.5 Å². The van der Waals surface area contributed by atoms with Crippen molar-refractivity contribution in [3.63, 3.8) is 0 Å².